The summed E-state index contributed by atoms with van der Waals surface area (Å²) in [5.41, 5.74) is -1.04. The second kappa shape index (κ2) is 5.26. The van der Waals surface area contributed by atoms with Crippen LogP contribution in [0.5, 0.6) is 5.75 Å². The minimum atomic E-state index is -4.44. The van der Waals surface area contributed by atoms with Gasteiger partial charge < -0.3 is 10.2 Å². The number of rotatable bonds is 2. The van der Waals surface area contributed by atoms with Crippen LogP contribution in [0.25, 0.3) is 0 Å². The lowest BCUT2D eigenvalue weighted by molar-refractivity contribution is -0.137. The predicted molar refractivity (Wildman–Crippen MR) is 68.2 cm³/mol. The first-order valence-electron chi connectivity index (χ1n) is 6.51. The maximum atomic E-state index is 12.5. The van der Waals surface area contributed by atoms with E-state index in [9.17, 15) is 23.4 Å². The zero-order valence-corrected chi connectivity index (χ0v) is 11.2. The number of phenols is 1. The molecule has 0 bridgehead atoms. The number of hydrogen-bond donors (Lipinski definition) is 2. The molecular weight excluding hydrogens is 271 g/mol. The number of nitrogens with zero attached hydrogens (tertiary/aromatic N) is 1. The zero-order chi connectivity index (χ0) is 15.0. The molecule has 1 aliphatic heterocycles. The van der Waals surface area contributed by atoms with Crippen molar-refractivity contribution in [3.05, 3.63) is 29.3 Å². The van der Waals surface area contributed by atoms with Gasteiger partial charge in [-0.2, -0.15) is 13.2 Å². The fourth-order valence-corrected chi connectivity index (χ4v) is 2.31. The van der Waals surface area contributed by atoms with E-state index in [1.54, 1.807) is 6.92 Å². The summed E-state index contributed by atoms with van der Waals surface area (Å²) < 4.78 is 37.5. The van der Waals surface area contributed by atoms with E-state index in [1.165, 1.54) is 6.07 Å². The molecule has 112 valence electrons. The number of halogens is 3. The van der Waals surface area contributed by atoms with Gasteiger partial charge in [0.05, 0.1) is 11.2 Å². The number of alkyl halides is 3. The van der Waals surface area contributed by atoms with Gasteiger partial charge in [-0.05, 0) is 31.9 Å². The molecule has 0 radical (unpaired) electrons. The number of hydrogen-bond acceptors (Lipinski definition) is 3. The summed E-state index contributed by atoms with van der Waals surface area (Å²) in [4.78, 5) is 2.01. The lowest BCUT2D eigenvalue weighted by atomic mass is 9.93. The number of aliphatic hydroxyl groups is 1. The van der Waals surface area contributed by atoms with Gasteiger partial charge in [0.2, 0.25) is 0 Å². The zero-order valence-electron chi connectivity index (χ0n) is 11.2. The van der Waals surface area contributed by atoms with E-state index in [2.05, 4.69) is 0 Å². The number of phenolic OH excluding ortho intramolecular Hbond substituents is 1. The van der Waals surface area contributed by atoms with Crippen LogP contribution in [0.4, 0.5) is 13.2 Å². The molecule has 0 aromatic heterocycles. The standard InChI is InChI=1S/C14H18F3NO2/c1-13(20)4-6-18(7-5-13)9-10-2-3-11(8-12(10)19)14(15,16)17/h2-3,8,19-20H,4-7,9H2,1H3. The Balaban J connectivity index is 2.04. The van der Waals surface area contributed by atoms with Crippen molar-refractivity contribution >= 4 is 0 Å². The Morgan fingerprint density at radius 1 is 1.25 bits per heavy atom. The van der Waals surface area contributed by atoms with Crippen LogP contribution in [0.3, 0.4) is 0 Å². The Kier molecular flexibility index (Phi) is 3.97. The van der Waals surface area contributed by atoms with Crippen LogP contribution in [0, 0.1) is 0 Å². The maximum Gasteiger partial charge on any atom is 0.416 e. The molecule has 1 fully saturated rings. The largest absolute Gasteiger partial charge is 0.508 e. The van der Waals surface area contributed by atoms with Crippen LogP contribution in [0.2, 0.25) is 0 Å². The summed E-state index contributed by atoms with van der Waals surface area (Å²) >= 11 is 0. The van der Waals surface area contributed by atoms with Crippen molar-refractivity contribution in [3.8, 4) is 5.75 Å². The van der Waals surface area contributed by atoms with Gasteiger partial charge in [0.25, 0.3) is 0 Å². The summed E-state index contributed by atoms with van der Waals surface area (Å²) in [6.07, 6.45) is -3.21. The van der Waals surface area contributed by atoms with E-state index in [1.807, 2.05) is 4.90 Å². The van der Waals surface area contributed by atoms with Crippen LogP contribution in [0.15, 0.2) is 18.2 Å². The van der Waals surface area contributed by atoms with Gasteiger partial charge in [-0.3, -0.25) is 4.90 Å². The molecule has 6 heteroatoms. The van der Waals surface area contributed by atoms with E-state index < -0.39 is 17.3 Å². The monoisotopic (exact) mass is 289 g/mol. The molecule has 1 aromatic carbocycles. The second-order valence-corrected chi connectivity index (χ2v) is 5.61. The third kappa shape index (κ3) is 3.64. The third-order valence-corrected chi connectivity index (χ3v) is 3.74. The van der Waals surface area contributed by atoms with Gasteiger partial charge in [0, 0.05) is 25.2 Å². The summed E-state index contributed by atoms with van der Waals surface area (Å²) in [6, 6.07) is 3.05. The maximum absolute atomic E-state index is 12.5. The first-order valence-corrected chi connectivity index (χ1v) is 6.51. The Morgan fingerprint density at radius 2 is 1.85 bits per heavy atom. The van der Waals surface area contributed by atoms with E-state index in [4.69, 9.17) is 0 Å². The van der Waals surface area contributed by atoms with Crippen molar-refractivity contribution < 1.29 is 23.4 Å². The molecule has 0 aliphatic carbocycles. The van der Waals surface area contributed by atoms with Gasteiger partial charge in [0.1, 0.15) is 5.75 Å². The highest BCUT2D eigenvalue weighted by Gasteiger charge is 2.31. The van der Waals surface area contributed by atoms with Gasteiger partial charge in [0.15, 0.2) is 0 Å². The average molecular weight is 289 g/mol. The number of benzene rings is 1. The van der Waals surface area contributed by atoms with E-state index in [-0.39, 0.29) is 5.75 Å². The first-order chi connectivity index (χ1) is 9.17. The smallest absolute Gasteiger partial charge is 0.416 e. The summed E-state index contributed by atoms with van der Waals surface area (Å²) in [7, 11) is 0. The fraction of sp³-hybridized carbons (Fsp3) is 0.571. The molecule has 2 N–H and O–H groups in total. The Hall–Kier alpha value is -1.27. The number of piperidine rings is 1. The predicted octanol–water partition coefficient (Wildman–Crippen LogP) is 2.76. The lowest BCUT2D eigenvalue weighted by Gasteiger charge is -2.35. The van der Waals surface area contributed by atoms with Gasteiger partial charge in [-0.15, -0.1) is 0 Å². The fourth-order valence-electron chi connectivity index (χ4n) is 2.31. The molecule has 0 atom stereocenters. The summed E-state index contributed by atoms with van der Waals surface area (Å²) in [6.45, 7) is 3.49. The topological polar surface area (TPSA) is 43.7 Å². The Labute approximate surface area is 115 Å². The lowest BCUT2D eigenvalue weighted by Crippen LogP contribution is -2.41. The van der Waals surface area contributed by atoms with E-state index in [0.717, 1.165) is 12.1 Å². The van der Waals surface area contributed by atoms with Crippen molar-refractivity contribution in [1.29, 1.82) is 0 Å². The molecule has 0 spiro atoms. The summed E-state index contributed by atoms with van der Waals surface area (Å²) in [5.74, 6) is -0.336. The molecule has 20 heavy (non-hydrogen) atoms. The minimum absolute atomic E-state index is 0.336. The Bertz CT molecular complexity index is 476. The van der Waals surface area contributed by atoms with Gasteiger partial charge in [-0.25, -0.2) is 0 Å². The van der Waals surface area contributed by atoms with Crippen molar-refractivity contribution in [3.63, 3.8) is 0 Å². The molecule has 1 aromatic rings. The van der Waals surface area contributed by atoms with Gasteiger partial charge >= 0.3 is 6.18 Å². The highest BCUT2D eigenvalue weighted by molar-refractivity contribution is 5.37. The van der Waals surface area contributed by atoms with Crippen molar-refractivity contribution in [2.45, 2.75) is 38.1 Å². The number of likely N-dealkylation sites (tertiary alicyclic amines) is 1. The molecule has 1 saturated heterocycles. The Morgan fingerprint density at radius 3 is 2.35 bits per heavy atom. The third-order valence-electron chi connectivity index (χ3n) is 3.74. The summed E-state index contributed by atoms with van der Waals surface area (Å²) in [5, 5.41) is 19.5. The number of aromatic hydroxyl groups is 1. The molecule has 0 amide bonds. The van der Waals surface area contributed by atoms with Crippen LogP contribution < -0.4 is 0 Å². The van der Waals surface area contributed by atoms with E-state index >= 15 is 0 Å². The SMILES string of the molecule is CC1(O)CCN(Cc2ccc(C(F)(F)F)cc2O)CC1. The van der Waals surface area contributed by atoms with Crippen LogP contribution in [-0.4, -0.2) is 33.8 Å². The first kappa shape index (κ1) is 15.1. The molecule has 2 rings (SSSR count). The van der Waals surface area contributed by atoms with Crippen LogP contribution in [0.1, 0.15) is 30.9 Å². The average Bonchev–Trinajstić information content (AvgIpc) is 2.33. The van der Waals surface area contributed by atoms with Crippen molar-refractivity contribution in [2.24, 2.45) is 0 Å². The highest BCUT2D eigenvalue weighted by atomic mass is 19.4. The molecule has 1 heterocycles. The molecule has 1 aliphatic rings. The van der Waals surface area contributed by atoms with Crippen LogP contribution in [-0.2, 0) is 12.7 Å². The van der Waals surface area contributed by atoms with Crippen molar-refractivity contribution in [2.75, 3.05) is 13.1 Å². The van der Waals surface area contributed by atoms with E-state index in [0.29, 0.717) is 38.0 Å². The second-order valence-electron chi connectivity index (χ2n) is 5.61. The molecule has 3 nitrogen and oxygen atoms in total. The van der Waals surface area contributed by atoms with Crippen molar-refractivity contribution in [1.82, 2.24) is 4.90 Å². The minimum Gasteiger partial charge on any atom is -0.508 e. The molecular formula is C14H18F3NO2. The molecule has 0 unspecified atom stereocenters. The molecule has 0 saturated carbocycles. The normalized spacial score (nSPS) is 20.1. The van der Waals surface area contributed by atoms with Crippen LogP contribution >= 0.6 is 0 Å². The highest BCUT2D eigenvalue weighted by Crippen LogP contribution is 2.33. The quantitative estimate of drug-likeness (QED) is 0.880. The van der Waals surface area contributed by atoms with Gasteiger partial charge in [-0.1, -0.05) is 6.07 Å².